The first-order valence-corrected chi connectivity index (χ1v) is 5.54. The van der Waals surface area contributed by atoms with Crippen LogP contribution in [0.15, 0.2) is 36.0 Å². The highest BCUT2D eigenvalue weighted by atomic mass is 19.1. The third-order valence-corrected chi connectivity index (χ3v) is 2.63. The van der Waals surface area contributed by atoms with Crippen molar-refractivity contribution in [3.05, 3.63) is 52.4 Å². The van der Waals surface area contributed by atoms with Crippen molar-refractivity contribution in [1.29, 1.82) is 0 Å². The largest absolute Gasteiger partial charge is 0.399 e. The smallest absolute Gasteiger partial charge is 0.123 e. The Labute approximate surface area is 104 Å². The Kier molecular flexibility index (Phi) is 3.28. The molecular formula is C14H14FN3. The van der Waals surface area contributed by atoms with E-state index >= 15 is 0 Å². The minimum absolute atomic E-state index is 0.300. The average Bonchev–Trinajstić information content (AvgIpc) is 2.71. The fraction of sp³-hybridized carbons (Fsp3) is 0.0714. The molecule has 4 heteroatoms. The van der Waals surface area contributed by atoms with Gasteiger partial charge in [-0.25, -0.2) is 4.39 Å². The molecule has 0 saturated heterocycles. The summed E-state index contributed by atoms with van der Waals surface area (Å²) in [6.45, 7) is 5.69. The number of nitrogens with one attached hydrogen (secondary N) is 1. The monoisotopic (exact) mass is 243 g/mol. The lowest BCUT2D eigenvalue weighted by Gasteiger charge is -1.97. The van der Waals surface area contributed by atoms with Gasteiger partial charge in [0.05, 0.1) is 5.35 Å². The van der Waals surface area contributed by atoms with Gasteiger partial charge < -0.3 is 5.73 Å². The summed E-state index contributed by atoms with van der Waals surface area (Å²) < 4.78 is 13.2. The van der Waals surface area contributed by atoms with Gasteiger partial charge in [-0.2, -0.15) is 5.10 Å². The lowest BCUT2D eigenvalue weighted by Crippen LogP contribution is -2.23. The Bertz CT molecular complexity index is 698. The highest BCUT2D eigenvalue weighted by Gasteiger charge is 2.05. The normalized spacial score (nSPS) is 13.0. The second-order valence-corrected chi connectivity index (χ2v) is 3.91. The van der Waals surface area contributed by atoms with Gasteiger partial charge in [0.1, 0.15) is 11.5 Å². The van der Waals surface area contributed by atoms with E-state index in [0.29, 0.717) is 22.3 Å². The molecule has 1 aromatic heterocycles. The molecule has 0 spiro atoms. The Hall–Kier alpha value is -2.36. The molecule has 3 nitrogen and oxygen atoms in total. The SMILES string of the molecule is C=c1[nH]nc(-c2cccc(F)c2)/c1=C/C(N)=C\C. The molecule has 0 bridgehead atoms. The second kappa shape index (κ2) is 4.87. The van der Waals surface area contributed by atoms with Gasteiger partial charge in [-0.3, -0.25) is 5.10 Å². The van der Waals surface area contributed by atoms with Crippen molar-refractivity contribution in [1.82, 2.24) is 10.2 Å². The number of aromatic nitrogens is 2. The minimum atomic E-state index is -0.300. The van der Waals surface area contributed by atoms with E-state index < -0.39 is 0 Å². The summed E-state index contributed by atoms with van der Waals surface area (Å²) in [5.41, 5.74) is 7.72. The lowest BCUT2D eigenvalue weighted by molar-refractivity contribution is 0.628. The van der Waals surface area contributed by atoms with Crippen LogP contribution < -0.4 is 16.3 Å². The number of nitrogens with two attached hydrogens (primary N) is 1. The molecule has 1 aromatic carbocycles. The van der Waals surface area contributed by atoms with Crippen LogP contribution in [0.5, 0.6) is 0 Å². The van der Waals surface area contributed by atoms with E-state index in [4.69, 9.17) is 5.73 Å². The molecule has 18 heavy (non-hydrogen) atoms. The standard InChI is InChI=1S/C14H14FN3/c1-3-12(16)8-13-9(2)17-18-14(13)10-5-4-6-11(15)7-10/h3-8,17H,2,16H2,1H3/b12-3+,13-8+. The van der Waals surface area contributed by atoms with Gasteiger partial charge in [-0.05, 0) is 25.1 Å². The highest BCUT2D eigenvalue weighted by Crippen LogP contribution is 2.13. The zero-order valence-corrected chi connectivity index (χ0v) is 10.1. The predicted molar refractivity (Wildman–Crippen MR) is 71.2 cm³/mol. The van der Waals surface area contributed by atoms with Crippen LogP contribution in [0.3, 0.4) is 0 Å². The van der Waals surface area contributed by atoms with E-state index in [9.17, 15) is 4.39 Å². The number of allylic oxidation sites excluding steroid dienone is 2. The Morgan fingerprint density at radius 1 is 1.50 bits per heavy atom. The van der Waals surface area contributed by atoms with Gasteiger partial charge in [0.2, 0.25) is 0 Å². The van der Waals surface area contributed by atoms with Crippen LogP contribution in [-0.2, 0) is 0 Å². The molecule has 0 fully saturated rings. The summed E-state index contributed by atoms with van der Waals surface area (Å²) in [4.78, 5) is 0. The first-order chi connectivity index (χ1) is 8.61. The number of halogens is 1. The van der Waals surface area contributed by atoms with E-state index in [-0.39, 0.29) is 5.82 Å². The van der Waals surface area contributed by atoms with Crippen LogP contribution in [0.2, 0.25) is 0 Å². The van der Waals surface area contributed by atoms with Crippen molar-refractivity contribution in [2.45, 2.75) is 6.92 Å². The van der Waals surface area contributed by atoms with Crippen molar-refractivity contribution in [2.24, 2.45) is 5.73 Å². The van der Waals surface area contributed by atoms with E-state index in [1.165, 1.54) is 12.1 Å². The Morgan fingerprint density at radius 3 is 2.94 bits per heavy atom. The summed E-state index contributed by atoms with van der Waals surface area (Å²) >= 11 is 0. The number of rotatable bonds is 2. The quantitative estimate of drug-likeness (QED) is 0.834. The van der Waals surface area contributed by atoms with Gasteiger partial charge in [0, 0.05) is 16.5 Å². The summed E-state index contributed by atoms with van der Waals surface area (Å²) in [6.07, 6.45) is 3.55. The zero-order valence-electron chi connectivity index (χ0n) is 10.1. The minimum Gasteiger partial charge on any atom is -0.399 e. The Balaban J connectivity index is 2.68. The lowest BCUT2D eigenvalue weighted by atomic mass is 10.1. The summed E-state index contributed by atoms with van der Waals surface area (Å²) in [6, 6.07) is 6.26. The number of nitrogens with zero attached hydrogens (tertiary/aromatic N) is 1. The maximum Gasteiger partial charge on any atom is 0.123 e. The van der Waals surface area contributed by atoms with Gasteiger partial charge >= 0.3 is 0 Å². The van der Waals surface area contributed by atoms with Crippen LogP contribution in [0.25, 0.3) is 23.9 Å². The fourth-order valence-electron chi connectivity index (χ4n) is 1.65. The molecule has 2 aromatic rings. The summed E-state index contributed by atoms with van der Waals surface area (Å²) in [5.74, 6) is -0.300. The summed E-state index contributed by atoms with van der Waals surface area (Å²) in [7, 11) is 0. The van der Waals surface area contributed by atoms with Crippen molar-refractivity contribution >= 4 is 12.7 Å². The van der Waals surface area contributed by atoms with Crippen molar-refractivity contribution < 1.29 is 4.39 Å². The van der Waals surface area contributed by atoms with Crippen LogP contribution in [0.1, 0.15) is 6.92 Å². The molecule has 0 amide bonds. The molecule has 0 aliphatic rings. The van der Waals surface area contributed by atoms with E-state index in [1.807, 2.05) is 6.92 Å². The number of hydrogen-bond acceptors (Lipinski definition) is 2. The van der Waals surface area contributed by atoms with Crippen molar-refractivity contribution in [2.75, 3.05) is 0 Å². The van der Waals surface area contributed by atoms with Crippen molar-refractivity contribution in [3.63, 3.8) is 0 Å². The van der Waals surface area contributed by atoms with Crippen molar-refractivity contribution in [3.8, 4) is 11.3 Å². The van der Waals surface area contributed by atoms with Gasteiger partial charge in [-0.1, -0.05) is 24.8 Å². The van der Waals surface area contributed by atoms with E-state index in [2.05, 4.69) is 16.8 Å². The third kappa shape index (κ3) is 2.32. The molecule has 2 rings (SSSR count). The van der Waals surface area contributed by atoms with Crippen LogP contribution in [0, 0.1) is 5.82 Å². The Morgan fingerprint density at radius 2 is 2.28 bits per heavy atom. The maximum absolute atomic E-state index is 13.2. The molecule has 3 N–H and O–H groups in total. The van der Waals surface area contributed by atoms with E-state index in [0.717, 1.165) is 5.22 Å². The third-order valence-electron chi connectivity index (χ3n) is 2.63. The zero-order chi connectivity index (χ0) is 13.1. The number of hydrogen-bond donors (Lipinski definition) is 2. The first-order valence-electron chi connectivity index (χ1n) is 5.54. The topological polar surface area (TPSA) is 54.7 Å². The predicted octanol–water partition coefficient (Wildman–Crippen LogP) is 1.27. The van der Waals surface area contributed by atoms with Gasteiger partial charge in [-0.15, -0.1) is 0 Å². The molecule has 0 atom stereocenters. The average molecular weight is 243 g/mol. The summed E-state index contributed by atoms with van der Waals surface area (Å²) in [5, 5.41) is 8.36. The number of H-pyrrole nitrogens is 1. The molecule has 1 heterocycles. The van der Waals surface area contributed by atoms with Gasteiger partial charge in [0.15, 0.2) is 0 Å². The molecule has 0 saturated carbocycles. The molecule has 92 valence electrons. The number of benzene rings is 1. The van der Waals surface area contributed by atoms with E-state index in [1.54, 1.807) is 24.3 Å². The van der Waals surface area contributed by atoms with Crippen LogP contribution in [0.4, 0.5) is 4.39 Å². The molecular weight excluding hydrogens is 229 g/mol. The molecule has 0 aliphatic carbocycles. The molecule has 0 radical (unpaired) electrons. The maximum atomic E-state index is 13.2. The molecule has 0 aliphatic heterocycles. The first kappa shape index (κ1) is 12.1. The van der Waals surface area contributed by atoms with Crippen LogP contribution in [-0.4, -0.2) is 10.2 Å². The fourth-order valence-corrected chi connectivity index (χ4v) is 1.65. The van der Waals surface area contributed by atoms with Crippen LogP contribution >= 0.6 is 0 Å². The second-order valence-electron chi connectivity index (χ2n) is 3.91. The highest BCUT2D eigenvalue weighted by molar-refractivity contribution is 5.63. The molecule has 0 unspecified atom stereocenters. The number of aromatic amines is 1. The van der Waals surface area contributed by atoms with Gasteiger partial charge in [0.25, 0.3) is 0 Å².